The van der Waals surface area contributed by atoms with Crippen LogP contribution >= 0.6 is 0 Å². The van der Waals surface area contributed by atoms with Gasteiger partial charge in [-0.2, -0.15) is 9.19 Å². The van der Waals surface area contributed by atoms with Crippen molar-refractivity contribution in [3.8, 4) is 11.1 Å². The molecule has 0 aliphatic rings. The predicted octanol–water partition coefficient (Wildman–Crippen LogP) is 2.46. The fourth-order valence-electron chi connectivity index (χ4n) is 2.31. The van der Waals surface area contributed by atoms with Gasteiger partial charge < -0.3 is 0 Å². The largest absolute Gasteiger partial charge is 0.298 e. The van der Waals surface area contributed by atoms with Crippen molar-refractivity contribution in [3.63, 3.8) is 0 Å². The lowest BCUT2D eigenvalue weighted by atomic mass is 10.0. The van der Waals surface area contributed by atoms with Crippen molar-refractivity contribution in [2.45, 2.75) is 0 Å². The number of nitrogens with zero attached hydrogens (tertiary/aromatic N) is 2. The first-order chi connectivity index (χ1) is 10.4. The molecule has 7 heteroatoms. The number of aldehydes is 1. The van der Waals surface area contributed by atoms with E-state index < -0.39 is 15.8 Å². The zero-order valence-electron chi connectivity index (χ0n) is 11.5. The Balaban J connectivity index is 2.30. The maximum Gasteiger partial charge on any atom is 0.251 e. The number of carbonyl (C=O) groups excluding carboxylic acids is 1. The maximum absolute atomic E-state index is 13.9. The second kappa shape index (κ2) is 5.03. The van der Waals surface area contributed by atoms with Crippen molar-refractivity contribution in [1.82, 2.24) is 9.19 Å². The fourth-order valence-corrected chi connectivity index (χ4v) is 3.04. The number of hydrogen-bond donors (Lipinski definition) is 0. The minimum atomic E-state index is -3.62. The molecule has 0 radical (unpaired) electrons. The zero-order valence-corrected chi connectivity index (χ0v) is 12.3. The molecule has 5 nitrogen and oxygen atoms in total. The average molecular weight is 318 g/mol. The Bertz CT molecular complexity index is 976. The summed E-state index contributed by atoms with van der Waals surface area (Å²) in [6, 6.07) is 9.02. The summed E-state index contributed by atoms with van der Waals surface area (Å²) in [6.45, 7) is 0. The Morgan fingerprint density at radius 1 is 1.18 bits per heavy atom. The molecule has 0 saturated carbocycles. The van der Waals surface area contributed by atoms with Gasteiger partial charge in [-0.3, -0.25) is 4.79 Å². The summed E-state index contributed by atoms with van der Waals surface area (Å²) in [4.78, 5) is 10.7. The molecule has 0 unspecified atom stereocenters. The Morgan fingerprint density at radius 3 is 2.45 bits per heavy atom. The molecule has 1 aromatic heterocycles. The second-order valence-corrected chi connectivity index (χ2v) is 6.69. The molecule has 1 heterocycles. The normalized spacial score (nSPS) is 11.7. The summed E-state index contributed by atoms with van der Waals surface area (Å²) in [5, 5.41) is 4.35. The number of benzene rings is 2. The van der Waals surface area contributed by atoms with Gasteiger partial charge in [0.25, 0.3) is 10.0 Å². The van der Waals surface area contributed by atoms with Crippen LogP contribution in [0.2, 0.25) is 0 Å². The van der Waals surface area contributed by atoms with Crippen molar-refractivity contribution in [2.24, 2.45) is 0 Å². The molecule has 0 aliphatic heterocycles. The van der Waals surface area contributed by atoms with Crippen molar-refractivity contribution in [3.05, 3.63) is 54.0 Å². The molecule has 0 aliphatic carbocycles. The van der Waals surface area contributed by atoms with Gasteiger partial charge in [0.05, 0.1) is 18.0 Å². The monoisotopic (exact) mass is 318 g/mol. The Hall–Kier alpha value is -2.54. The minimum absolute atomic E-state index is 0.178. The highest BCUT2D eigenvalue weighted by Crippen LogP contribution is 2.30. The summed E-state index contributed by atoms with van der Waals surface area (Å²) < 4.78 is 38.1. The fraction of sp³-hybridized carbons (Fsp3) is 0.0667. The van der Waals surface area contributed by atoms with E-state index in [1.807, 2.05) is 0 Å². The zero-order chi connectivity index (χ0) is 15.9. The van der Waals surface area contributed by atoms with Gasteiger partial charge in [0.2, 0.25) is 0 Å². The van der Waals surface area contributed by atoms with Crippen molar-refractivity contribution >= 4 is 27.2 Å². The number of carbonyl (C=O) groups is 1. The Labute approximate surface area is 126 Å². The quantitative estimate of drug-likeness (QED) is 0.696. The molecule has 3 aromatic rings. The summed E-state index contributed by atoms with van der Waals surface area (Å²) in [5.74, 6) is -0.563. The molecule has 0 saturated heterocycles. The molecule has 3 rings (SSSR count). The van der Waals surface area contributed by atoms with Crippen LogP contribution < -0.4 is 0 Å². The molecule has 0 amide bonds. The summed E-state index contributed by atoms with van der Waals surface area (Å²) in [5.41, 5.74) is 1.87. The van der Waals surface area contributed by atoms with Crippen molar-refractivity contribution < 1.29 is 17.6 Å². The summed E-state index contributed by atoms with van der Waals surface area (Å²) in [6.07, 6.45) is 3.11. The molecule has 2 aromatic carbocycles. The van der Waals surface area contributed by atoms with Gasteiger partial charge in [-0.25, -0.2) is 12.8 Å². The third-order valence-electron chi connectivity index (χ3n) is 3.29. The third kappa shape index (κ3) is 2.39. The third-order valence-corrected chi connectivity index (χ3v) is 4.21. The van der Waals surface area contributed by atoms with Crippen LogP contribution in [-0.2, 0) is 10.0 Å². The highest BCUT2D eigenvalue weighted by Gasteiger charge is 2.16. The van der Waals surface area contributed by atoms with E-state index in [1.165, 1.54) is 12.3 Å². The Morgan fingerprint density at radius 2 is 1.86 bits per heavy atom. The van der Waals surface area contributed by atoms with E-state index >= 15 is 0 Å². The molecular formula is C15H11FN2O3S. The van der Waals surface area contributed by atoms with Crippen molar-refractivity contribution in [2.75, 3.05) is 6.26 Å². The van der Waals surface area contributed by atoms with Gasteiger partial charge in [-0.15, -0.1) is 0 Å². The average Bonchev–Trinajstić information content (AvgIpc) is 2.90. The summed E-state index contributed by atoms with van der Waals surface area (Å²) >= 11 is 0. The molecule has 22 heavy (non-hydrogen) atoms. The number of rotatable bonds is 3. The van der Waals surface area contributed by atoms with Gasteiger partial charge in [0.15, 0.2) is 0 Å². The first-order valence-corrected chi connectivity index (χ1v) is 8.18. The topological polar surface area (TPSA) is 69.0 Å². The smallest absolute Gasteiger partial charge is 0.251 e. The van der Waals surface area contributed by atoms with E-state index in [0.717, 1.165) is 16.4 Å². The van der Waals surface area contributed by atoms with Crippen LogP contribution in [0.4, 0.5) is 4.39 Å². The SMILES string of the molecule is CS(=O)(=O)n1ncc2c(-c3ccc(C=O)cc3)cc(F)cc21. The molecule has 112 valence electrons. The van der Waals surface area contributed by atoms with E-state index in [2.05, 4.69) is 5.10 Å². The molecule has 0 bridgehead atoms. The standard InChI is InChI=1S/C15H11FN2O3S/c1-22(20,21)18-15-7-12(16)6-13(14(15)8-17-18)11-4-2-10(9-19)3-5-11/h2-9H,1H3. The lowest BCUT2D eigenvalue weighted by Gasteiger charge is -2.06. The van der Waals surface area contributed by atoms with Crippen LogP contribution in [0.15, 0.2) is 42.6 Å². The van der Waals surface area contributed by atoms with Crippen molar-refractivity contribution in [1.29, 1.82) is 0 Å². The number of hydrogen-bond acceptors (Lipinski definition) is 4. The molecule has 0 N–H and O–H groups in total. The van der Waals surface area contributed by atoms with E-state index in [4.69, 9.17) is 0 Å². The van der Waals surface area contributed by atoms with Crippen LogP contribution in [0.1, 0.15) is 10.4 Å². The van der Waals surface area contributed by atoms with Crippen LogP contribution in [-0.4, -0.2) is 30.1 Å². The number of halogens is 1. The van der Waals surface area contributed by atoms with Gasteiger partial charge in [0.1, 0.15) is 12.1 Å². The number of aromatic nitrogens is 2. The lowest BCUT2D eigenvalue weighted by molar-refractivity contribution is 0.112. The van der Waals surface area contributed by atoms with E-state index in [9.17, 15) is 17.6 Å². The van der Waals surface area contributed by atoms with Gasteiger partial charge in [-0.1, -0.05) is 24.3 Å². The first kappa shape index (κ1) is 14.4. The molecule has 0 fully saturated rings. The maximum atomic E-state index is 13.9. The van der Waals surface area contributed by atoms with Crippen LogP contribution in [0.25, 0.3) is 22.0 Å². The van der Waals surface area contributed by atoms with Gasteiger partial charge in [0, 0.05) is 17.0 Å². The van der Waals surface area contributed by atoms with Crippen LogP contribution in [0, 0.1) is 5.82 Å². The van der Waals surface area contributed by atoms with Gasteiger partial charge >= 0.3 is 0 Å². The van der Waals surface area contributed by atoms with E-state index in [0.29, 0.717) is 28.4 Å². The van der Waals surface area contributed by atoms with Gasteiger partial charge in [-0.05, 0) is 17.2 Å². The molecular weight excluding hydrogens is 307 g/mol. The van der Waals surface area contributed by atoms with Crippen LogP contribution in [0.5, 0.6) is 0 Å². The number of fused-ring (bicyclic) bond motifs is 1. The highest BCUT2D eigenvalue weighted by atomic mass is 32.2. The lowest BCUT2D eigenvalue weighted by Crippen LogP contribution is -2.11. The second-order valence-electron chi connectivity index (χ2n) is 4.88. The minimum Gasteiger partial charge on any atom is -0.298 e. The predicted molar refractivity (Wildman–Crippen MR) is 80.8 cm³/mol. The summed E-state index contributed by atoms with van der Waals surface area (Å²) in [7, 11) is -3.62. The molecule has 0 spiro atoms. The Kier molecular flexibility index (Phi) is 3.29. The van der Waals surface area contributed by atoms with Crippen LogP contribution in [0.3, 0.4) is 0 Å². The highest BCUT2D eigenvalue weighted by molar-refractivity contribution is 7.89. The molecule has 0 atom stereocenters. The van der Waals surface area contributed by atoms with E-state index in [1.54, 1.807) is 24.3 Å². The first-order valence-electron chi connectivity index (χ1n) is 6.33. The van der Waals surface area contributed by atoms with E-state index in [-0.39, 0.29) is 5.52 Å².